The van der Waals surface area contributed by atoms with Crippen molar-refractivity contribution in [3.8, 4) is 0 Å². The van der Waals surface area contributed by atoms with E-state index in [-0.39, 0.29) is 12.5 Å². The predicted octanol–water partition coefficient (Wildman–Crippen LogP) is 0.981. The van der Waals surface area contributed by atoms with Crippen molar-refractivity contribution in [1.82, 2.24) is 4.90 Å². The first kappa shape index (κ1) is 15.4. The smallest absolute Gasteiger partial charge is 0.230 e. The lowest BCUT2D eigenvalue weighted by molar-refractivity contribution is -0.143. The summed E-state index contributed by atoms with van der Waals surface area (Å²) in [4.78, 5) is 14.1. The van der Waals surface area contributed by atoms with Crippen molar-refractivity contribution in [2.45, 2.75) is 46.6 Å². The normalized spacial score (nSPS) is 12.7. The van der Waals surface area contributed by atoms with E-state index in [2.05, 4.69) is 0 Å². The molecule has 0 spiro atoms. The molecule has 0 saturated carbocycles. The van der Waals surface area contributed by atoms with Crippen molar-refractivity contribution in [1.29, 1.82) is 0 Å². The number of rotatable bonds is 6. The standard InChI is InChI=1S/C12H26N2O2/c1-6-14(8-7-9-15)10(16)11(2,3)12(4,5)13/h15H,6-9,13H2,1-5H3. The minimum Gasteiger partial charge on any atom is -0.396 e. The number of amides is 1. The highest BCUT2D eigenvalue weighted by Gasteiger charge is 2.42. The Balaban J connectivity index is 4.74. The van der Waals surface area contributed by atoms with Crippen molar-refractivity contribution in [3.05, 3.63) is 0 Å². The quantitative estimate of drug-likeness (QED) is 0.715. The van der Waals surface area contributed by atoms with Crippen LogP contribution in [0.2, 0.25) is 0 Å². The van der Waals surface area contributed by atoms with Crippen LogP contribution < -0.4 is 5.73 Å². The molecule has 0 saturated heterocycles. The molecular weight excluding hydrogens is 204 g/mol. The zero-order valence-corrected chi connectivity index (χ0v) is 11.2. The third-order valence-electron chi connectivity index (χ3n) is 3.40. The Labute approximate surface area is 98.8 Å². The summed E-state index contributed by atoms with van der Waals surface area (Å²) >= 11 is 0. The lowest BCUT2D eigenvalue weighted by Crippen LogP contribution is -2.56. The third-order valence-corrected chi connectivity index (χ3v) is 3.40. The third kappa shape index (κ3) is 3.46. The van der Waals surface area contributed by atoms with Gasteiger partial charge in [0.2, 0.25) is 5.91 Å². The van der Waals surface area contributed by atoms with Crippen molar-refractivity contribution in [2.24, 2.45) is 11.1 Å². The molecule has 0 atom stereocenters. The van der Waals surface area contributed by atoms with Gasteiger partial charge < -0.3 is 15.7 Å². The highest BCUT2D eigenvalue weighted by molar-refractivity contribution is 5.83. The second kappa shape index (κ2) is 5.64. The molecule has 4 nitrogen and oxygen atoms in total. The van der Waals surface area contributed by atoms with Crippen LogP contribution in [0.3, 0.4) is 0 Å². The molecule has 4 heteroatoms. The zero-order chi connectivity index (χ0) is 13.0. The molecule has 0 rings (SSSR count). The number of carbonyl (C=O) groups is 1. The first-order valence-corrected chi connectivity index (χ1v) is 5.87. The first-order valence-electron chi connectivity index (χ1n) is 5.87. The van der Waals surface area contributed by atoms with E-state index < -0.39 is 11.0 Å². The van der Waals surface area contributed by atoms with Crippen LogP contribution in [-0.4, -0.2) is 41.1 Å². The summed E-state index contributed by atoms with van der Waals surface area (Å²) in [5.41, 5.74) is 4.88. The van der Waals surface area contributed by atoms with Gasteiger partial charge in [-0.05, 0) is 41.0 Å². The molecule has 3 N–H and O–H groups in total. The minimum absolute atomic E-state index is 0.0518. The van der Waals surface area contributed by atoms with E-state index >= 15 is 0 Å². The molecular formula is C12H26N2O2. The van der Waals surface area contributed by atoms with Gasteiger partial charge in [0.1, 0.15) is 0 Å². The van der Waals surface area contributed by atoms with Crippen LogP contribution in [0.15, 0.2) is 0 Å². The summed E-state index contributed by atoms with van der Waals surface area (Å²) in [5.74, 6) is 0.0518. The predicted molar refractivity (Wildman–Crippen MR) is 66.0 cm³/mol. The molecule has 0 aromatic carbocycles. The van der Waals surface area contributed by atoms with Crippen molar-refractivity contribution >= 4 is 5.91 Å². The van der Waals surface area contributed by atoms with E-state index in [1.807, 2.05) is 34.6 Å². The van der Waals surface area contributed by atoms with E-state index in [9.17, 15) is 4.79 Å². The van der Waals surface area contributed by atoms with Crippen LogP contribution in [0, 0.1) is 5.41 Å². The average molecular weight is 230 g/mol. The minimum atomic E-state index is -0.599. The molecule has 0 unspecified atom stereocenters. The summed E-state index contributed by atoms with van der Waals surface area (Å²) < 4.78 is 0. The van der Waals surface area contributed by atoms with Crippen LogP contribution in [0.1, 0.15) is 41.0 Å². The van der Waals surface area contributed by atoms with Gasteiger partial charge in [-0.2, -0.15) is 0 Å². The first-order chi connectivity index (χ1) is 7.18. The van der Waals surface area contributed by atoms with Crippen LogP contribution >= 0.6 is 0 Å². The number of aliphatic hydroxyl groups is 1. The summed E-state index contributed by atoms with van der Waals surface area (Å²) in [5, 5.41) is 8.79. The Morgan fingerprint density at radius 1 is 1.31 bits per heavy atom. The Kier molecular flexibility index (Phi) is 5.42. The molecule has 1 amide bonds. The van der Waals surface area contributed by atoms with Gasteiger partial charge in [-0.3, -0.25) is 4.79 Å². The molecule has 0 heterocycles. The number of hydrogen-bond donors (Lipinski definition) is 2. The summed E-state index contributed by atoms with van der Waals surface area (Å²) in [6, 6.07) is 0. The fraction of sp³-hybridized carbons (Fsp3) is 0.917. The largest absolute Gasteiger partial charge is 0.396 e. The number of aliphatic hydroxyl groups excluding tert-OH is 1. The Morgan fingerprint density at radius 2 is 1.81 bits per heavy atom. The van der Waals surface area contributed by atoms with E-state index in [0.29, 0.717) is 19.5 Å². The topological polar surface area (TPSA) is 66.6 Å². The molecule has 0 aromatic heterocycles. The van der Waals surface area contributed by atoms with Gasteiger partial charge in [0, 0.05) is 25.2 Å². The molecule has 0 aromatic rings. The van der Waals surface area contributed by atoms with Gasteiger partial charge >= 0.3 is 0 Å². The Morgan fingerprint density at radius 3 is 2.12 bits per heavy atom. The van der Waals surface area contributed by atoms with Gasteiger partial charge in [-0.15, -0.1) is 0 Å². The maximum atomic E-state index is 12.3. The van der Waals surface area contributed by atoms with Crippen LogP contribution in [0.4, 0.5) is 0 Å². The van der Waals surface area contributed by atoms with Gasteiger partial charge in [-0.25, -0.2) is 0 Å². The summed E-state index contributed by atoms with van der Waals surface area (Å²) in [6.45, 7) is 10.8. The Bertz CT molecular complexity index is 232. The number of hydrogen-bond acceptors (Lipinski definition) is 3. The maximum Gasteiger partial charge on any atom is 0.230 e. The highest BCUT2D eigenvalue weighted by atomic mass is 16.3. The van der Waals surface area contributed by atoms with Gasteiger partial charge in [0.15, 0.2) is 0 Å². The summed E-state index contributed by atoms with van der Waals surface area (Å²) in [7, 11) is 0. The van der Waals surface area contributed by atoms with Gasteiger partial charge in [0.25, 0.3) is 0 Å². The molecule has 96 valence electrons. The van der Waals surface area contributed by atoms with Crippen molar-refractivity contribution in [2.75, 3.05) is 19.7 Å². The molecule has 0 radical (unpaired) electrons. The van der Waals surface area contributed by atoms with E-state index in [0.717, 1.165) is 0 Å². The molecule has 0 bridgehead atoms. The molecule has 16 heavy (non-hydrogen) atoms. The second-order valence-corrected chi connectivity index (χ2v) is 5.31. The fourth-order valence-corrected chi connectivity index (χ4v) is 1.34. The highest BCUT2D eigenvalue weighted by Crippen LogP contribution is 2.30. The lowest BCUT2D eigenvalue weighted by Gasteiger charge is -2.40. The van der Waals surface area contributed by atoms with Crippen LogP contribution in [-0.2, 0) is 4.79 Å². The van der Waals surface area contributed by atoms with E-state index in [4.69, 9.17) is 10.8 Å². The van der Waals surface area contributed by atoms with Crippen LogP contribution in [0.5, 0.6) is 0 Å². The fourth-order valence-electron chi connectivity index (χ4n) is 1.34. The second-order valence-electron chi connectivity index (χ2n) is 5.31. The Hall–Kier alpha value is -0.610. The number of carbonyl (C=O) groups excluding carboxylic acids is 1. The van der Waals surface area contributed by atoms with Gasteiger partial charge in [0.05, 0.1) is 5.41 Å². The number of nitrogens with zero attached hydrogens (tertiary/aromatic N) is 1. The molecule has 0 aliphatic rings. The average Bonchev–Trinajstić information content (AvgIpc) is 2.16. The van der Waals surface area contributed by atoms with Crippen molar-refractivity contribution in [3.63, 3.8) is 0 Å². The zero-order valence-electron chi connectivity index (χ0n) is 11.2. The molecule has 0 fully saturated rings. The number of nitrogens with two attached hydrogens (primary N) is 1. The van der Waals surface area contributed by atoms with E-state index in [1.54, 1.807) is 4.90 Å². The monoisotopic (exact) mass is 230 g/mol. The SMILES string of the molecule is CCN(CCCO)C(=O)C(C)(C)C(C)(C)N. The molecule has 0 aliphatic heterocycles. The lowest BCUT2D eigenvalue weighted by atomic mass is 9.74. The summed E-state index contributed by atoms with van der Waals surface area (Å²) in [6.07, 6.45) is 0.612. The van der Waals surface area contributed by atoms with Crippen molar-refractivity contribution < 1.29 is 9.90 Å². The molecule has 0 aliphatic carbocycles. The van der Waals surface area contributed by atoms with Gasteiger partial charge in [-0.1, -0.05) is 0 Å². The maximum absolute atomic E-state index is 12.3. The van der Waals surface area contributed by atoms with E-state index in [1.165, 1.54) is 0 Å². The van der Waals surface area contributed by atoms with Crippen LogP contribution in [0.25, 0.3) is 0 Å².